The Hall–Kier alpha value is 0.0200. The summed E-state index contributed by atoms with van der Waals surface area (Å²) in [5.74, 6) is 5.73. The molecular formula is C13H22BrN3OS. The molecule has 1 aliphatic heterocycles. The number of rotatable bonds is 5. The molecule has 1 aromatic rings. The highest BCUT2D eigenvalue weighted by Crippen LogP contribution is 2.25. The number of nitrogens with zero attached hydrogens (tertiary/aromatic N) is 1. The molecule has 0 radical (unpaired) electrons. The highest BCUT2D eigenvalue weighted by atomic mass is 79.9. The van der Waals surface area contributed by atoms with Crippen LogP contribution in [0.25, 0.3) is 0 Å². The lowest BCUT2D eigenvalue weighted by Crippen LogP contribution is -2.56. The van der Waals surface area contributed by atoms with Gasteiger partial charge in [-0.3, -0.25) is 16.2 Å². The third kappa shape index (κ3) is 4.00. The summed E-state index contributed by atoms with van der Waals surface area (Å²) in [7, 11) is 0. The van der Waals surface area contributed by atoms with Crippen LogP contribution in [0.1, 0.15) is 18.7 Å². The quantitative estimate of drug-likeness (QED) is 0.631. The van der Waals surface area contributed by atoms with Gasteiger partial charge in [0.05, 0.1) is 18.8 Å². The molecule has 3 N–H and O–H groups in total. The van der Waals surface area contributed by atoms with Crippen molar-refractivity contribution in [2.75, 3.05) is 19.7 Å². The van der Waals surface area contributed by atoms with Gasteiger partial charge in [0.25, 0.3) is 0 Å². The molecule has 1 aliphatic rings. The van der Waals surface area contributed by atoms with E-state index < -0.39 is 0 Å². The van der Waals surface area contributed by atoms with Crippen molar-refractivity contribution in [3.05, 3.63) is 20.8 Å². The standard InChI is InChI=1S/C13H22BrN3OS/c1-9(2)17-4-5-18-12(8-17)11(16-15)7-13-10(14)3-6-19-13/h3,6,9,11-12,16H,4-5,7-8,15H2,1-2H3. The summed E-state index contributed by atoms with van der Waals surface area (Å²) in [6, 6.07) is 2.78. The third-order valence-corrected chi connectivity index (χ3v) is 5.56. The summed E-state index contributed by atoms with van der Waals surface area (Å²) in [6.07, 6.45) is 1.04. The molecule has 108 valence electrons. The average molecular weight is 348 g/mol. The maximum atomic E-state index is 5.91. The van der Waals surface area contributed by atoms with E-state index >= 15 is 0 Å². The van der Waals surface area contributed by atoms with Crippen molar-refractivity contribution in [1.82, 2.24) is 10.3 Å². The average Bonchev–Trinajstić information content (AvgIpc) is 2.81. The molecule has 0 bridgehead atoms. The first-order chi connectivity index (χ1) is 9.11. The molecule has 2 unspecified atom stereocenters. The number of morpholine rings is 1. The molecule has 0 aromatic carbocycles. The minimum absolute atomic E-state index is 0.148. The molecule has 0 aliphatic carbocycles. The number of hydrazine groups is 1. The Morgan fingerprint density at radius 3 is 3.00 bits per heavy atom. The highest BCUT2D eigenvalue weighted by Gasteiger charge is 2.29. The summed E-state index contributed by atoms with van der Waals surface area (Å²) in [5, 5.41) is 2.09. The lowest BCUT2D eigenvalue weighted by Gasteiger charge is -2.38. The van der Waals surface area contributed by atoms with Gasteiger partial charge in [0.1, 0.15) is 0 Å². The number of hydrogen-bond donors (Lipinski definition) is 2. The fourth-order valence-corrected chi connectivity index (χ4v) is 3.95. The van der Waals surface area contributed by atoms with E-state index in [1.54, 1.807) is 11.3 Å². The number of hydrogen-bond acceptors (Lipinski definition) is 5. The predicted molar refractivity (Wildman–Crippen MR) is 83.3 cm³/mol. The van der Waals surface area contributed by atoms with Crippen molar-refractivity contribution in [3.63, 3.8) is 0 Å². The molecule has 0 saturated carbocycles. The molecule has 2 atom stereocenters. The summed E-state index contributed by atoms with van der Waals surface area (Å²) in [4.78, 5) is 3.76. The van der Waals surface area contributed by atoms with E-state index in [2.05, 4.69) is 51.5 Å². The Kier molecular flexibility index (Phi) is 5.80. The second-order valence-electron chi connectivity index (χ2n) is 5.17. The molecule has 1 fully saturated rings. The Balaban J connectivity index is 1.99. The monoisotopic (exact) mass is 347 g/mol. The van der Waals surface area contributed by atoms with Gasteiger partial charge in [-0.15, -0.1) is 11.3 Å². The number of ether oxygens (including phenoxy) is 1. The summed E-state index contributed by atoms with van der Waals surface area (Å²) in [6.45, 7) is 7.18. The fourth-order valence-electron chi connectivity index (χ4n) is 2.38. The Labute approximate surface area is 127 Å². The molecule has 1 aromatic heterocycles. The highest BCUT2D eigenvalue weighted by molar-refractivity contribution is 9.10. The zero-order valence-electron chi connectivity index (χ0n) is 11.4. The van der Waals surface area contributed by atoms with Crippen LogP contribution in [0.5, 0.6) is 0 Å². The van der Waals surface area contributed by atoms with Crippen LogP contribution in [0.3, 0.4) is 0 Å². The number of nitrogens with one attached hydrogen (secondary N) is 1. The van der Waals surface area contributed by atoms with Crippen LogP contribution >= 0.6 is 27.3 Å². The molecule has 6 heteroatoms. The normalized spacial score (nSPS) is 22.9. The van der Waals surface area contributed by atoms with E-state index in [9.17, 15) is 0 Å². The van der Waals surface area contributed by atoms with E-state index in [4.69, 9.17) is 10.6 Å². The van der Waals surface area contributed by atoms with Crippen LogP contribution < -0.4 is 11.3 Å². The van der Waals surface area contributed by atoms with Crippen molar-refractivity contribution >= 4 is 27.3 Å². The molecular weight excluding hydrogens is 326 g/mol. The number of nitrogens with two attached hydrogens (primary N) is 1. The molecule has 4 nitrogen and oxygen atoms in total. The van der Waals surface area contributed by atoms with Gasteiger partial charge in [-0.05, 0) is 41.2 Å². The van der Waals surface area contributed by atoms with Gasteiger partial charge < -0.3 is 4.74 Å². The number of halogens is 1. The molecule has 0 spiro atoms. The Bertz CT molecular complexity index is 399. The predicted octanol–water partition coefficient (Wildman–Crippen LogP) is 1.99. The minimum atomic E-state index is 0.148. The van der Waals surface area contributed by atoms with Gasteiger partial charge in [-0.25, -0.2) is 0 Å². The van der Waals surface area contributed by atoms with E-state index in [0.717, 1.165) is 30.6 Å². The van der Waals surface area contributed by atoms with Crippen LogP contribution in [0.2, 0.25) is 0 Å². The lowest BCUT2D eigenvalue weighted by molar-refractivity contribution is -0.0551. The third-order valence-electron chi connectivity index (χ3n) is 3.61. The van der Waals surface area contributed by atoms with Gasteiger partial charge in [-0.1, -0.05) is 0 Å². The van der Waals surface area contributed by atoms with Crippen LogP contribution in [0.4, 0.5) is 0 Å². The van der Waals surface area contributed by atoms with Gasteiger partial charge >= 0.3 is 0 Å². The van der Waals surface area contributed by atoms with Crippen molar-refractivity contribution in [1.29, 1.82) is 0 Å². The van der Waals surface area contributed by atoms with E-state index in [0.29, 0.717) is 6.04 Å². The lowest BCUT2D eigenvalue weighted by atomic mass is 10.0. The van der Waals surface area contributed by atoms with Crippen LogP contribution in [0.15, 0.2) is 15.9 Å². The van der Waals surface area contributed by atoms with Crippen LogP contribution in [-0.4, -0.2) is 42.8 Å². The van der Waals surface area contributed by atoms with Crippen molar-refractivity contribution in [2.24, 2.45) is 5.84 Å². The maximum Gasteiger partial charge on any atom is 0.0872 e. The topological polar surface area (TPSA) is 50.5 Å². The Morgan fingerprint density at radius 2 is 2.42 bits per heavy atom. The molecule has 1 saturated heterocycles. The maximum absolute atomic E-state index is 5.91. The Morgan fingerprint density at radius 1 is 1.63 bits per heavy atom. The first-order valence-electron chi connectivity index (χ1n) is 6.65. The first kappa shape index (κ1) is 15.4. The van der Waals surface area contributed by atoms with Crippen molar-refractivity contribution in [2.45, 2.75) is 38.5 Å². The smallest absolute Gasteiger partial charge is 0.0872 e. The van der Waals surface area contributed by atoms with E-state index in [-0.39, 0.29) is 12.1 Å². The van der Waals surface area contributed by atoms with E-state index in [1.165, 1.54) is 4.88 Å². The van der Waals surface area contributed by atoms with Gasteiger partial charge in [0.2, 0.25) is 0 Å². The largest absolute Gasteiger partial charge is 0.374 e. The van der Waals surface area contributed by atoms with E-state index in [1.807, 2.05) is 0 Å². The van der Waals surface area contributed by atoms with Crippen LogP contribution in [0, 0.1) is 0 Å². The second kappa shape index (κ2) is 7.15. The second-order valence-corrected chi connectivity index (χ2v) is 7.02. The molecule has 0 amide bonds. The zero-order chi connectivity index (χ0) is 13.8. The number of thiophene rings is 1. The van der Waals surface area contributed by atoms with Gasteiger partial charge in [0, 0.05) is 34.9 Å². The summed E-state index contributed by atoms with van der Waals surface area (Å²) >= 11 is 5.33. The zero-order valence-corrected chi connectivity index (χ0v) is 13.8. The van der Waals surface area contributed by atoms with Crippen molar-refractivity contribution in [3.8, 4) is 0 Å². The first-order valence-corrected chi connectivity index (χ1v) is 8.32. The van der Waals surface area contributed by atoms with Crippen molar-refractivity contribution < 1.29 is 4.74 Å². The summed E-state index contributed by atoms with van der Waals surface area (Å²) < 4.78 is 7.07. The summed E-state index contributed by atoms with van der Waals surface area (Å²) in [5.41, 5.74) is 2.93. The van der Waals surface area contributed by atoms with Crippen LogP contribution in [-0.2, 0) is 11.2 Å². The van der Waals surface area contributed by atoms with Gasteiger partial charge in [-0.2, -0.15) is 0 Å². The molecule has 19 heavy (non-hydrogen) atoms. The SMILES string of the molecule is CC(C)N1CCOC(C(Cc2sccc2Br)NN)C1. The minimum Gasteiger partial charge on any atom is -0.374 e. The molecule has 2 heterocycles. The molecule has 2 rings (SSSR count). The van der Waals surface area contributed by atoms with Gasteiger partial charge in [0.15, 0.2) is 0 Å². The fraction of sp³-hybridized carbons (Fsp3) is 0.692.